The monoisotopic (exact) mass is 276 g/mol. The molecule has 110 valence electrons. The Hall–Kier alpha value is -1.55. The lowest BCUT2D eigenvalue weighted by molar-refractivity contribution is 0.0738. The van der Waals surface area contributed by atoms with Crippen LogP contribution in [0.3, 0.4) is 0 Å². The number of ether oxygens (including phenoxy) is 1. The van der Waals surface area contributed by atoms with Gasteiger partial charge in [-0.2, -0.15) is 0 Å². The van der Waals surface area contributed by atoms with Crippen LogP contribution in [0, 0.1) is 0 Å². The quantitative estimate of drug-likeness (QED) is 0.775. The average Bonchev–Trinajstić information content (AvgIpc) is 2.49. The fourth-order valence-electron chi connectivity index (χ4n) is 2.33. The molecular weight excluding hydrogens is 252 g/mol. The van der Waals surface area contributed by atoms with Crippen LogP contribution >= 0.6 is 0 Å². The van der Waals surface area contributed by atoms with Crippen LogP contribution in [0.1, 0.15) is 25.3 Å². The molecule has 1 heterocycles. The summed E-state index contributed by atoms with van der Waals surface area (Å²) in [6, 6.07) is 10.5. The first-order valence-electron chi connectivity index (χ1n) is 7.47. The van der Waals surface area contributed by atoms with Crippen molar-refractivity contribution in [1.29, 1.82) is 0 Å². The lowest BCUT2D eigenvalue weighted by Crippen LogP contribution is -2.48. The lowest BCUT2D eigenvalue weighted by Gasteiger charge is -2.34. The minimum atomic E-state index is -0.155. The predicted molar refractivity (Wildman–Crippen MR) is 79.5 cm³/mol. The molecule has 1 aliphatic heterocycles. The van der Waals surface area contributed by atoms with Gasteiger partial charge in [0.1, 0.15) is 0 Å². The number of rotatable bonds is 5. The summed E-state index contributed by atoms with van der Waals surface area (Å²) >= 11 is 0. The molecule has 20 heavy (non-hydrogen) atoms. The van der Waals surface area contributed by atoms with Gasteiger partial charge in [-0.25, -0.2) is 4.79 Å². The van der Waals surface area contributed by atoms with Gasteiger partial charge in [-0.05, 0) is 12.0 Å². The van der Waals surface area contributed by atoms with Gasteiger partial charge in [0.25, 0.3) is 0 Å². The van der Waals surface area contributed by atoms with Crippen LogP contribution in [0.4, 0.5) is 4.79 Å². The number of benzene rings is 1. The van der Waals surface area contributed by atoms with E-state index >= 15 is 0 Å². The molecule has 1 aliphatic rings. The van der Waals surface area contributed by atoms with E-state index < -0.39 is 0 Å². The average molecular weight is 276 g/mol. The Balaban J connectivity index is 1.71. The summed E-state index contributed by atoms with van der Waals surface area (Å²) in [5, 5.41) is 0. The van der Waals surface area contributed by atoms with Gasteiger partial charge >= 0.3 is 6.09 Å². The topological polar surface area (TPSA) is 32.8 Å². The molecule has 1 aromatic carbocycles. The van der Waals surface area contributed by atoms with Gasteiger partial charge in [0.05, 0.1) is 6.61 Å². The first kappa shape index (κ1) is 14.9. The molecule has 0 atom stereocenters. The number of hydrogen-bond donors (Lipinski definition) is 0. The molecule has 0 spiro atoms. The third-order valence-electron chi connectivity index (χ3n) is 3.60. The minimum absolute atomic E-state index is 0.155. The molecule has 0 saturated carbocycles. The molecule has 2 rings (SSSR count). The van der Waals surface area contributed by atoms with Gasteiger partial charge in [0, 0.05) is 32.7 Å². The van der Waals surface area contributed by atoms with E-state index in [0.717, 1.165) is 45.6 Å². The molecular formula is C16H24N2O2. The maximum absolute atomic E-state index is 11.8. The number of amides is 1. The first-order chi connectivity index (χ1) is 9.79. The molecule has 1 saturated heterocycles. The van der Waals surface area contributed by atoms with Crippen molar-refractivity contribution in [2.45, 2.75) is 26.3 Å². The molecule has 0 aliphatic carbocycles. The van der Waals surface area contributed by atoms with Crippen molar-refractivity contribution in [2.24, 2.45) is 0 Å². The fraction of sp³-hybridized carbons (Fsp3) is 0.562. The molecule has 0 radical (unpaired) electrons. The van der Waals surface area contributed by atoms with Crippen LogP contribution in [-0.2, 0) is 11.3 Å². The predicted octanol–water partition coefficient (Wildman–Crippen LogP) is 2.74. The zero-order chi connectivity index (χ0) is 14.2. The third-order valence-corrected chi connectivity index (χ3v) is 3.60. The molecule has 1 fully saturated rings. The van der Waals surface area contributed by atoms with Crippen LogP contribution in [0.25, 0.3) is 0 Å². The van der Waals surface area contributed by atoms with Crippen molar-refractivity contribution in [3.8, 4) is 0 Å². The van der Waals surface area contributed by atoms with E-state index in [9.17, 15) is 4.79 Å². The zero-order valence-corrected chi connectivity index (χ0v) is 12.3. The molecule has 0 unspecified atom stereocenters. The van der Waals surface area contributed by atoms with E-state index in [2.05, 4.69) is 36.1 Å². The van der Waals surface area contributed by atoms with Crippen LogP contribution in [0.15, 0.2) is 30.3 Å². The van der Waals surface area contributed by atoms with Gasteiger partial charge in [0.2, 0.25) is 0 Å². The van der Waals surface area contributed by atoms with Crippen molar-refractivity contribution >= 4 is 6.09 Å². The lowest BCUT2D eigenvalue weighted by atomic mass is 10.2. The van der Waals surface area contributed by atoms with Crippen LogP contribution < -0.4 is 0 Å². The smallest absolute Gasteiger partial charge is 0.409 e. The zero-order valence-electron chi connectivity index (χ0n) is 12.3. The highest BCUT2D eigenvalue weighted by atomic mass is 16.6. The van der Waals surface area contributed by atoms with Gasteiger partial charge in [-0.1, -0.05) is 43.7 Å². The van der Waals surface area contributed by atoms with E-state index in [1.807, 2.05) is 11.0 Å². The second-order valence-electron chi connectivity index (χ2n) is 5.22. The van der Waals surface area contributed by atoms with E-state index in [0.29, 0.717) is 6.61 Å². The van der Waals surface area contributed by atoms with Crippen molar-refractivity contribution in [2.75, 3.05) is 32.8 Å². The minimum Gasteiger partial charge on any atom is -0.449 e. The van der Waals surface area contributed by atoms with Gasteiger partial charge in [-0.3, -0.25) is 4.90 Å². The Labute approximate surface area is 121 Å². The van der Waals surface area contributed by atoms with Crippen LogP contribution in [-0.4, -0.2) is 48.7 Å². The first-order valence-corrected chi connectivity index (χ1v) is 7.47. The third kappa shape index (κ3) is 4.53. The molecule has 0 bridgehead atoms. The van der Waals surface area contributed by atoms with Gasteiger partial charge < -0.3 is 9.64 Å². The highest BCUT2D eigenvalue weighted by Crippen LogP contribution is 2.09. The summed E-state index contributed by atoms with van der Waals surface area (Å²) in [5.41, 5.74) is 1.33. The SMILES string of the molecule is CCCCOC(=O)N1CCN(Cc2ccccc2)CC1. The Morgan fingerprint density at radius 1 is 1.15 bits per heavy atom. The van der Waals surface area contributed by atoms with E-state index in [1.165, 1.54) is 5.56 Å². The molecule has 1 amide bonds. The second-order valence-corrected chi connectivity index (χ2v) is 5.22. The highest BCUT2D eigenvalue weighted by molar-refractivity contribution is 5.67. The Morgan fingerprint density at radius 2 is 1.85 bits per heavy atom. The van der Waals surface area contributed by atoms with Crippen LogP contribution in [0.5, 0.6) is 0 Å². The maximum atomic E-state index is 11.8. The highest BCUT2D eigenvalue weighted by Gasteiger charge is 2.21. The maximum Gasteiger partial charge on any atom is 0.409 e. The summed E-state index contributed by atoms with van der Waals surface area (Å²) in [5.74, 6) is 0. The molecule has 1 aromatic rings. The number of piperazine rings is 1. The van der Waals surface area contributed by atoms with Crippen LogP contribution in [0.2, 0.25) is 0 Å². The van der Waals surface area contributed by atoms with E-state index in [1.54, 1.807) is 0 Å². The van der Waals surface area contributed by atoms with Crippen molar-refractivity contribution in [3.05, 3.63) is 35.9 Å². The number of unbranched alkanes of at least 4 members (excludes halogenated alkanes) is 1. The van der Waals surface area contributed by atoms with Crippen molar-refractivity contribution in [1.82, 2.24) is 9.80 Å². The molecule has 4 heteroatoms. The van der Waals surface area contributed by atoms with Crippen molar-refractivity contribution < 1.29 is 9.53 Å². The van der Waals surface area contributed by atoms with E-state index in [-0.39, 0.29) is 6.09 Å². The fourth-order valence-corrected chi connectivity index (χ4v) is 2.33. The Kier molecular flexibility index (Phi) is 5.87. The second kappa shape index (κ2) is 7.90. The largest absolute Gasteiger partial charge is 0.449 e. The summed E-state index contributed by atoms with van der Waals surface area (Å²) in [7, 11) is 0. The molecule has 4 nitrogen and oxygen atoms in total. The normalized spacial score (nSPS) is 16.1. The number of nitrogens with zero attached hydrogens (tertiary/aromatic N) is 2. The number of carbonyl (C=O) groups is 1. The summed E-state index contributed by atoms with van der Waals surface area (Å²) < 4.78 is 5.24. The standard InChI is InChI=1S/C16H24N2O2/c1-2-3-13-20-16(19)18-11-9-17(10-12-18)14-15-7-5-4-6-8-15/h4-8H,2-3,9-14H2,1H3. The summed E-state index contributed by atoms with van der Waals surface area (Å²) in [6.07, 6.45) is 1.84. The Morgan fingerprint density at radius 3 is 2.50 bits per heavy atom. The molecule has 0 N–H and O–H groups in total. The summed E-state index contributed by atoms with van der Waals surface area (Å²) in [6.45, 7) is 6.94. The Bertz CT molecular complexity index is 400. The van der Waals surface area contributed by atoms with E-state index in [4.69, 9.17) is 4.74 Å². The number of carbonyl (C=O) groups excluding carboxylic acids is 1. The van der Waals surface area contributed by atoms with Crippen molar-refractivity contribution in [3.63, 3.8) is 0 Å². The summed E-state index contributed by atoms with van der Waals surface area (Å²) in [4.78, 5) is 16.0. The van der Waals surface area contributed by atoms with Gasteiger partial charge in [0.15, 0.2) is 0 Å². The van der Waals surface area contributed by atoms with Gasteiger partial charge in [-0.15, -0.1) is 0 Å². The molecule has 0 aromatic heterocycles. The number of hydrogen-bond acceptors (Lipinski definition) is 3.